The Labute approximate surface area is 161 Å². The molecule has 0 saturated carbocycles. The van der Waals surface area contributed by atoms with Crippen molar-refractivity contribution >= 4 is 44.0 Å². The van der Waals surface area contributed by atoms with Gasteiger partial charge in [-0.3, -0.25) is 8.70 Å². The van der Waals surface area contributed by atoms with Crippen molar-refractivity contribution in [3.63, 3.8) is 0 Å². The van der Waals surface area contributed by atoms with Crippen molar-refractivity contribution in [3.05, 3.63) is 28.5 Å². The van der Waals surface area contributed by atoms with Gasteiger partial charge in [-0.15, -0.1) is 0 Å². The van der Waals surface area contributed by atoms with Crippen molar-refractivity contribution in [2.45, 2.75) is 18.3 Å². The summed E-state index contributed by atoms with van der Waals surface area (Å²) >= 11 is 5.90. The van der Waals surface area contributed by atoms with Gasteiger partial charge in [-0.25, -0.2) is 30.4 Å². The minimum atomic E-state index is -4.27. The third-order valence-corrected chi connectivity index (χ3v) is 6.52. The summed E-state index contributed by atoms with van der Waals surface area (Å²) in [6, 6.07) is 1.71. The van der Waals surface area contributed by atoms with Crippen LogP contribution in [0.5, 0.6) is 0 Å². The van der Waals surface area contributed by atoms with E-state index in [1.807, 2.05) is 0 Å². The number of methoxy groups -OCH3 is 1. The second-order valence-electron chi connectivity index (χ2n) is 5.22. The summed E-state index contributed by atoms with van der Waals surface area (Å²) in [5, 5.41) is -0.586. The molecule has 154 valence electrons. The molecule has 13 heteroatoms. The molecule has 0 aromatic heterocycles. The topological polar surface area (TPSA) is 97.8 Å². The van der Waals surface area contributed by atoms with Crippen LogP contribution in [-0.2, 0) is 25.5 Å². The summed E-state index contributed by atoms with van der Waals surface area (Å²) in [7, 11) is -6.73. The third-order valence-electron chi connectivity index (χ3n) is 3.46. The van der Waals surface area contributed by atoms with Crippen molar-refractivity contribution in [3.8, 4) is 0 Å². The van der Waals surface area contributed by atoms with E-state index in [2.05, 4.69) is 4.74 Å². The molecular weight excluding hydrogens is 435 g/mol. The number of carbonyl (C=O) groups excluding carboxylic acids is 1. The molecule has 0 bridgehead atoms. The lowest BCUT2D eigenvalue weighted by Crippen LogP contribution is -2.29. The Bertz CT molecular complexity index is 855. The predicted octanol–water partition coefficient (Wildman–Crippen LogP) is 2.06. The van der Waals surface area contributed by atoms with Gasteiger partial charge >= 0.3 is 5.97 Å². The zero-order valence-electron chi connectivity index (χ0n) is 14.0. The molecule has 0 fully saturated rings. The second-order valence-corrected chi connectivity index (χ2v) is 8.80. The largest absolute Gasteiger partial charge is 0.465 e. The number of benzene rings is 1. The highest BCUT2D eigenvalue weighted by Gasteiger charge is 2.28. The van der Waals surface area contributed by atoms with E-state index in [9.17, 15) is 34.8 Å². The molecule has 1 aromatic carbocycles. The van der Waals surface area contributed by atoms with Crippen LogP contribution in [0.3, 0.4) is 0 Å². The summed E-state index contributed by atoms with van der Waals surface area (Å²) in [6.07, 6.45) is -1.15. The summed E-state index contributed by atoms with van der Waals surface area (Å²) in [6.45, 7) is -1.59. The zero-order valence-corrected chi connectivity index (χ0v) is 16.5. The molecule has 1 atom stereocenters. The molecular formula is C14H17ClF3NO6S2. The van der Waals surface area contributed by atoms with Crippen molar-refractivity contribution in [2.75, 3.05) is 30.4 Å². The molecule has 0 amide bonds. The van der Waals surface area contributed by atoms with Gasteiger partial charge in [-0.1, -0.05) is 11.6 Å². The molecule has 0 spiro atoms. The van der Waals surface area contributed by atoms with Crippen LogP contribution in [0.15, 0.2) is 12.1 Å². The Morgan fingerprint density at radius 2 is 2.00 bits per heavy atom. The number of rotatable bonds is 10. The first-order valence-corrected chi connectivity index (χ1v) is 10.7. The van der Waals surface area contributed by atoms with Gasteiger partial charge in [-0.2, -0.15) is 0 Å². The molecule has 1 unspecified atom stereocenters. The lowest BCUT2D eigenvalue weighted by molar-refractivity contribution is 0.0595. The lowest BCUT2D eigenvalue weighted by atomic mass is 10.2. The predicted molar refractivity (Wildman–Crippen MR) is 94.3 cm³/mol. The van der Waals surface area contributed by atoms with Gasteiger partial charge in [-0.05, 0) is 18.6 Å². The molecule has 0 aliphatic heterocycles. The van der Waals surface area contributed by atoms with Crippen LogP contribution in [0.1, 0.15) is 23.2 Å². The maximum Gasteiger partial charge on any atom is 0.342 e. The van der Waals surface area contributed by atoms with E-state index in [4.69, 9.17) is 11.6 Å². The van der Waals surface area contributed by atoms with Crippen LogP contribution in [0.25, 0.3) is 0 Å². The average molecular weight is 452 g/mol. The number of sulfone groups is 1. The molecule has 1 aromatic rings. The van der Waals surface area contributed by atoms with Crippen LogP contribution in [0.4, 0.5) is 18.9 Å². The number of halogens is 4. The fraction of sp³-hybridized carbons (Fsp3) is 0.500. The smallest absolute Gasteiger partial charge is 0.342 e. The molecule has 0 N–H and O–H groups in total. The molecule has 1 rings (SSSR count). The Morgan fingerprint density at radius 1 is 1.37 bits per heavy atom. The van der Waals surface area contributed by atoms with E-state index < -0.39 is 74.0 Å². The number of hydrogen-bond acceptors (Lipinski definition) is 6. The van der Waals surface area contributed by atoms with Gasteiger partial charge in [0.2, 0.25) is 16.4 Å². The molecule has 0 heterocycles. The van der Waals surface area contributed by atoms with E-state index in [1.54, 1.807) is 0 Å². The van der Waals surface area contributed by atoms with Crippen LogP contribution in [-0.4, -0.2) is 54.4 Å². The Balaban J connectivity index is 3.13. The normalized spacial score (nSPS) is 12.8. The number of thiol groups is 1. The number of alkyl halides is 2. The average Bonchev–Trinajstić information content (AvgIpc) is 2.61. The fourth-order valence-electron chi connectivity index (χ4n) is 2.11. The standard InChI is InChI=1S/C14H17ClF3NO6S2/c1-25-14(20)12-9(17)3-4-10(13(12)15)19(26(21)22)7-5-11(18)27(23,24)8-2-6-16/h3-4,11,26H,2,5-8H2,1H3. The molecule has 0 saturated heterocycles. The van der Waals surface area contributed by atoms with E-state index in [0.29, 0.717) is 4.31 Å². The van der Waals surface area contributed by atoms with Gasteiger partial charge in [0.05, 0.1) is 30.2 Å². The zero-order chi connectivity index (χ0) is 20.8. The first-order chi connectivity index (χ1) is 12.6. The number of carbonyl (C=O) groups is 1. The van der Waals surface area contributed by atoms with Crippen LogP contribution in [0.2, 0.25) is 5.02 Å². The Hall–Kier alpha value is -1.53. The van der Waals surface area contributed by atoms with E-state index in [1.165, 1.54) is 0 Å². The summed E-state index contributed by atoms with van der Waals surface area (Å²) < 4.78 is 91.0. The minimum absolute atomic E-state index is 0.345. The van der Waals surface area contributed by atoms with Gasteiger partial charge in [0.25, 0.3) is 0 Å². The van der Waals surface area contributed by atoms with Gasteiger partial charge in [0.1, 0.15) is 11.4 Å². The summed E-state index contributed by atoms with van der Waals surface area (Å²) in [4.78, 5) is 11.6. The molecule has 27 heavy (non-hydrogen) atoms. The molecule has 0 aliphatic carbocycles. The first kappa shape index (κ1) is 23.5. The van der Waals surface area contributed by atoms with Crippen LogP contribution in [0, 0.1) is 5.82 Å². The molecule has 0 aliphatic rings. The molecule has 0 radical (unpaired) electrons. The number of nitrogens with zero attached hydrogens (tertiary/aromatic N) is 1. The maximum absolute atomic E-state index is 14.0. The molecule has 7 nitrogen and oxygen atoms in total. The highest BCUT2D eigenvalue weighted by Crippen LogP contribution is 2.32. The van der Waals surface area contributed by atoms with Gasteiger partial charge in [0, 0.05) is 13.0 Å². The third kappa shape index (κ3) is 5.98. The monoisotopic (exact) mass is 451 g/mol. The van der Waals surface area contributed by atoms with Crippen molar-refractivity contribution < 1.29 is 39.5 Å². The van der Waals surface area contributed by atoms with Gasteiger partial charge < -0.3 is 4.74 Å². The summed E-state index contributed by atoms with van der Waals surface area (Å²) in [5.41, 5.74) is -3.49. The number of hydrogen-bond donors (Lipinski definition) is 1. The number of esters is 1. The van der Waals surface area contributed by atoms with Crippen molar-refractivity contribution in [1.29, 1.82) is 0 Å². The number of anilines is 1. The first-order valence-electron chi connectivity index (χ1n) is 7.46. The quantitative estimate of drug-likeness (QED) is 0.432. The maximum atomic E-state index is 14.0. The fourth-order valence-corrected chi connectivity index (χ4v) is 4.35. The van der Waals surface area contributed by atoms with Crippen LogP contribution < -0.4 is 4.31 Å². The van der Waals surface area contributed by atoms with E-state index in [0.717, 1.165) is 19.2 Å². The van der Waals surface area contributed by atoms with E-state index in [-0.39, 0.29) is 12.1 Å². The highest BCUT2D eigenvalue weighted by molar-refractivity contribution is 7.91. The Kier molecular flexibility index (Phi) is 8.82. The minimum Gasteiger partial charge on any atom is -0.465 e. The Morgan fingerprint density at radius 3 is 2.52 bits per heavy atom. The van der Waals surface area contributed by atoms with Crippen LogP contribution >= 0.6 is 11.6 Å². The SMILES string of the molecule is COC(=O)c1c(F)ccc(N(CCC(F)S(=O)(=O)CCCF)[SH](=O)=O)c1Cl. The highest BCUT2D eigenvalue weighted by atomic mass is 35.5. The number of ether oxygens (including phenoxy) is 1. The van der Waals surface area contributed by atoms with Crippen molar-refractivity contribution in [2.24, 2.45) is 0 Å². The van der Waals surface area contributed by atoms with Crippen molar-refractivity contribution in [1.82, 2.24) is 0 Å². The summed E-state index contributed by atoms with van der Waals surface area (Å²) in [5.74, 6) is -2.94. The van der Waals surface area contributed by atoms with E-state index >= 15 is 0 Å². The second kappa shape index (κ2) is 10.1. The lowest BCUT2D eigenvalue weighted by Gasteiger charge is -2.21. The van der Waals surface area contributed by atoms with Gasteiger partial charge in [0.15, 0.2) is 9.84 Å².